The number of amides is 1. The van der Waals surface area contributed by atoms with E-state index in [0.29, 0.717) is 10.9 Å². The molecule has 0 aliphatic carbocycles. The third-order valence-corrected chi connectivity index (χ3v) is 5.34. The van der Waals surface area contributed by atoms with Crippen molar-refractivity contribution in [1.82, 2.24) is 9.88 Å². The predicted octanol–water partition coefficient (Wildman–Crippen LogP) is 3.89. The zero-order chi connectivity index (χ0) is 19.2. The lowest BCUT2D eigenvalue weighted by atomic mass is 10.1. The largest absolute Gasteiger partial charge is 0.465 e. The summed E-state index contributed by atoms with van der Waals surface area (Å²) >= 11 is 1.52. The normalized spacial score (nSPS) is 15.1. The number of furan rings is 1. The van der Waals surface area contributed by atoms with Gasteiger partial charge in [0.1, 0.15) is 5.76 Å². The van der Waals surface area contributed by atoms with Crippen molar-refractivity contribution in [3.05, 3.63) is 65.4 Å². The van der Waals surface area contributed by atoms with Crippen molar-refractivity contribution in [1.29, 1.82) is 0 Å². The highest BCUT2D eigenvalue weighted by atomic mass is 32.1. The van der Waals surface area contributed by atoms with E-state index >= 15 is 0 Å². The Labute approximate surface area is 167 Å². The van der Waals surface area contributed by atoms with Gasteiger partial charge in [-0.15, -0.1) is 0 Å². The molecule has 144 valence electrons. The molecular weight excluding hydrogens is 374 g/mol. The highest BCUT2D eigenvalue weighted by Crippen LogP contribution is 2.32. The standard InChI is InChI=1S/C21H21N3O3S/c25-19(9-8-17-7-4-12-27-17)22-21-23-20(16-5-2-1-3-6-16)18(28-21)15-24-10-13-26-14-11-24/h1-9,12H,10-11,13-15H2,(H,22,23,25)/b9-8+. The molecule has 1 aliphatic heterocycles. The molecule has 1 fully saturated rings. The molecule has 6 nitrogen and oxygen atoms in total. The fourth-order valence-corrected chi connectivity index (χ4v) is 4.02. The second kappa shape index (κ2) is 8.97. The van der Waals surface area contributed by atoms with Gasteiger partial charge in [0.25, 0.3) is 0 Å². The maximum atomic E-state index is 12.3. The van der Waals surface area contributed by atoms with Crippen LogP contribution in [0.25, 0.3) is 17.3 Å². The molecule has 1 aliphatic rings. The monoisotopic (exact) mass is 395 g/mol. The number of carbonyl (C=O) groups is 1. The van der Waals surface area contributed by atoms with Crippen LogP contribution in [0.1, 0.15) is 10.6 Å². The van der Waals surface area contributed by atoms with Gasteiger partial charge in [0, 0.05) is 36.2 Å². The van der Waals surface area contributed by atoms with E-state index in [2.05, 4.69) is 10.2 Å². The number of hydrogen-bond acceptors (Lipinski definition) is 6. The Morgan fingerprint density at radius 3 is 2.75 bits per heavy atom. The molecule has 0 radical (unpaired) electrons. The van der Waals surface area contributed by atoms with E-state index in [4.69, 9.17) is 14.1 Å². The van der Waals surface area contributed by atoms with Crippen LogP contribution in [0.15, 0.2) is 59.2 Å². The van der Waals surface area contributed by atoms with Gasteiger partial charge in [-0.1, -0.05) is 41.7 Å². The summed E-state index contributed by atoms with van der Waals surface area (Å²) in [4.78, 5) is 20.4. The molecule has 1 amide bonds. The van der Waals surface area contributed by atoms with E-state index in [-0.39, 0.29) is 5.91 Å². The Hall–Kier alpha value is -2.74. The summed E-state index contributed by atoms with van der Waals surface area (Å²) in [5, 5.41) is 3.46. The van der Waals surface area contributed by atoms with E-state index in [0.717, 1.165) is 49.0 Å². The Balaban J connectivity index is 1.53. The topological polar surface area (TPSA) is 67.6 Å². The van der Waals surface area contributed by atoms with Crippen LogP contribution < -0.4 is 5.32 Å². The molecule has 4 rings (SSSR count). The SMILES string of the molecule is O=C(/C=C/c1ccco1)Nc1nc(-c2ccccc2)c(CN2CCOCC2)s1. The molecule has 1 N–H and O–H groups in total. The third kappa shape index (κ3) is 4.75. The molecule has 7 heteroatoms. The highest BCUT2D eigenvalue weighted by molar-refractivity contribution is 7.16. The number of carbonyl (C=O) groups excluding carboxylic acids is 1. The number of nitrogens with one attached hydrogen (secondary N) is 1. The van der Waals surface area contributed by atoms with Crippen molar-refractivity contribution < 1.29 is 13.9 Å². The van der Waals surface area contributed by atoms with Crippen molar-refractivity contribution >= 4 is 28.5 Å². The Morgan fingerprint density at radius 1 is 1.18 bits per heavy atom. The minimum atomic E-state index is -0.234. The highest BCUT2D eigenvalue weighted by Gasteiger charge is 2.18. The van der Waals surface area contributed by atoms with Gasteiger partial charge in [-0.25, -0.2) is 4.98 Å². The number of nitrogens with zero attached hydrogens (tertiary/aromatic N) is 2. The zero-order valence-electron chi connectivity index (χ0n) is 15.3. The molecule has 0 unspecified atom stereocenters. The molecule has 0 bridgehead atoms. The number of aromatic nitrogens is 1. The molecule has 3 aromatic rings. The first-order valence-electron chi connectivity index (χ1n) is 9.16. The molecule has 28 heavy (non-hydrogen) atoms. The number of morpholine rings is 1. The molecule has 1 aromatic carbocycles. The molecule has 0 spiro atoms. The van der Waals surface area contributed by atoms with Crippen LogP contribution in [0.2, 0.25) is 0 Å². The van der Waals surface area contributed by atoms with Gasteiger partial charge in [-0.3, -0.25) is 15.0 Å². The molecule has 1 saturated heterocycles. The summed E-state index contributed by atoms with van der Waals surface area (Å²) in [6.45, 7) is 4.10. The zero-order valence-corrected chi connectivity index (χ0v) is 16.2. The number of ether oxygens (including phenoxy) is 1. The summed E-state index contributed by atoms with van der Waals surface area (Å²) in [5.74, 6) is 0.398. The quantitative estimate of drug-likeness (QED) is 0.642. The average molecular weight is 395 g/mol. The van der Waals surface area contributed by atoms with E-state index < -0.39 is 0 Å². The summed E-state index contributed by atoms with van der Waals surface area (Å²) in [6, 6.07) is 13.6. The van der Waals surface area contributed by atoms with E-state index in [1.165, 1.54) is 17.4 Å². The second-order valence-electron chi connectivity index (χ2n) is 6.38. The second-order valence-corrected chi connectivity index (χ2v) is 7.47. The van der Waals surface area contributed by atoms with Crippen LogP contribution in [0, 0.1) is 0 Å². The smallest absolute Gasteiger partial charge is 0.250 e. The fourth-order valence-electron chi connectivity index (χ4n) is 2.99. The van der Waals surface area contributed by atoms with Crippen LogP contribution in [0.4, 0.5) is 5.13 Å². The van der Waals surface area contributed by atoms with Crippen LogP contribution in [0.5, 0.6) is 0 Å². The van der Waals surface area contributed by atoms with Crippen LogP contribution in [-0.4, -0.2) is 42.1 Å². The van der Waals surface area contributed by atoms with Crippen molar-refractivity contribution in [2.45, 2.75) is 6.54 Å². The summed E-state index contributed by atoms with van der Waals surface area (Å²) in [7, 11) is 0. The van der Waals surface area contributed by atoms with Crippen molar-refractivity contribution in [2.24, 2.45) is 0 Å². The van der Waals surface area contributed by atoms with Crippen molar-refractivity contribution in [3.8, 4) is 11.3 Å². The van der Waals surface area contributed by atoms with Gasteiger partial charge >= 0.3 is 0 Å². The maximum Gasteiger partial charge on any atom is 0.250 e. The van der Waals surface area contributed by atoms with Gasteiger partial charge < -0.3 is 9.15 Å². The number of anilines is 1. The molecule has 3 heterocycles. The number of benzene rings is 1. The van der Waals surface area contributed by atoms with Gasteiger partial charge in [-0.05, 0) is 18.2 Å². The number of rotatable bonds is 6. The van der Waals surface area contributed by atoms with Gasteiger partial charge in [0.05, 0.1) is 25.2 Å². The van der Waals surface area contributed by atoms with Crippen molar-refractivity contribution in [2.75, 3.05) is 31.6 Å². The first-order chi connectivity index (χ1) is 13.8. The van der Waals surface area contributed by atoms with E-state index in [1.54, 1.807) is 24.5 Å². The molecule has 0 atom stereocenters. The fraction of sp³-hybridized carbons (Fsp3) is 0.238. The Kier molecular flexibility index (Phi) is 5.96. The molecule has 2 aromatic heterocycles. The Bertz CT molecular complexity index is 929. The van der Waals surface area contributed by atoms with Gasteiger partial charge in [0.15, 0.2) is 5.13 Å². The Morgan fingerprint density at radius 2 is 2.00 bits per heavy atom. The van der Waals surface area contributed by atoms with Crippen LogP contribution >= 0.6 is 11.3 Å². The van der Waals surface area contributed by atoms with Crippen LogP contribution in [0.3, 0.4) is 0 Å². The lowest BCUT2D eigenvalue weighted by Gasteiger charge is -2.26. The van der Waals surface area contributed by atoms with Crippen molar-refractivity contribution in [3.63, 3.8) is 0 Å². The lowest BCUT2D eigenvalue weighted by Crippen LogP contribution is -2.35. The average Bonchev–Trinajstić information content (AvgIpc) is 3.38. The number of thiazole rings is 1. The van der Waals surface area contributed by atoms with Crippen LogP contribution in [-0.2, 0) is 16.1 Å². The summed E-state index contributed by atoms with van der Waals surface area (Å²) in [5.41, 5.74) is 1.97. The van der Waals surface area contributed by atoms with Gasteiger partial charge in [-0.2, -0.15) is 0 Å². The van der Waals surface area contributed by atoms with E-state index in [1.807, 2.05) is 30.3 Å². The predicted molar refractivity (Wildman–Crippen MR) is 110 cm³/mol. The minimum Gasteiger partial charge on any atom is -0.465 e. The summed E-state index contributed by atoms with van der Waals surface area (Å²) < 4.78 is 10.6. The first kappa shape index (κ1) is 18.6. The summed E-state index contributed by atoms with van der Waals surface area (Å²) in [6.07, 6.45) is 4.65. The number of hydrogen-bond donors (Lipinski definition) is 1. The van der Waals surface area contributed by atoms with E-state index in [9.17, 15) is 4.79 Å². The minimum absolute atomic E-state index is 0.234. The first-order valence-corrected chi connectivity index (χ1v) is 9.97. The molecular formula is C21H21N3O3S. The lowest BCUT2D eigenvalue weighted by molar-refractivity contribution is -0.111. The van der Waals surface area contributed by atoms with Gasteiger partial charge in [0.2, 0.25) is 5.91 Å². The maximum absolute atomic E-state index is 12.3. The third-order valence-electron chi connectivity index (χ3n) is 4.39. The molecule has 0 saturated carbocycles.